The van der Waals surface area contributed by atoms with E-state index in [0.717, 1.165) is 4.90 Å². The molecule has 0 N–H and O–H groups in total. The van der Waals surface area contributed by atoms with Gasteiger partial charge in [0.15, 0.2) is 4.20 Å². The highest BCUT2D eigenvalue weighted by atomic mass is 32.2. The lowest BCUT2D eigenvalue weighted by Crippen LogP contribution is -1.79. The fourth-order valence-electron chi connectivity index (χ4n) is 0.618. The first-order chi connectivity index (χ1) is 5.33. The molecule has 0 aromatic heterocycles. The van der Waals surface area contributed by atoms with Crippen LogP contribution in [0.2, 0.25) is 0 Å². The van der Waals surface area contributed by atoms with Gasteiger partial charge in [-0.05, 0) is 12.1 Å². The van der Waals surface area contributed by atoms with Crippen LogP contribution in [0.5, 0.6) is 0 Å². The summed E-state index contributed by atoms with van der Waals surface area (Å²) in [7, 11) is 0. The van der Waals surface area contributed by atoms with Crippen LogP contribution in [0, 0.1) is 11.3 Å². The zero-order chi connectivity index (χ0) is 8.10. The van der Waals surface area contributed by atoms with Crippen molar-refractivity contribution >= 4 is 28.2 Å². The van der Waals surface area contributed by atoms with E-state index in [2.05, 4.69) is 0 Å². The lowest BCUT2D eigenvalue weighted by Gasteiger charge is -1.93. The van der Waals surface area contributed by atoms with Gasteiger partial charge in [-0.25, -0.2) is 0 Å². The van der Waals surface area contributed by atoms with Crippen LogP contribution < -0.4 is 0 Å². The summed E-state index contributed by atoms with van der Waals surface area (Å²) in [6, 6.07) is 11.5. The SMILES string of the molecule is N#CC(=S)Sc1ccccc1. The molecule has 1 aromatic rings. The van der Waals surface area contributed by atoms with Crippen LogP contribution in [0.15, 0.2) is 35.2 Å². The van der Waals surface area contributed by atoms with Crippen LogP contribution >= 0.6 is 24.0 Å². The number of rotatable bonds is 1. The number of nitriles is 1. The summed E-state index contributed by atoms with van der Waals surface area (Å²) in [6.45, 7) is 0. The van der Waals surface area contributed by atoms with Gasteiger partial charge in [0, 0.05) is 4.90 Å². The molecule has 54 valence electrons. The largest absolute Gasteiger partial charge is 0.191 e. The van der Waals surface area contributed by atoms with E-state index in [1.165, 1.54) is 11.8 Å². The number of hydrogen-bond donors (Lipinski definition) is 0. The monoisotopic (exact) mass is 179 g/mol. The predicted octanol–water partition coefficient (Wildman–Crippen LogP) is 2.63. The normalized spacial score (nSPS) is 8.64. The van der Waals surface area contributed by atoms with Gasteiger partial charge in [0.05, 0.1) is 0 Å². The first-order valence-corrected chi connectivity index (χ1v) is 4.22. The van der Waals surface area contributed by atoms with Crippen molar-refractivity contribution in [2.24, 2.45) is 0 Å². The third-order valence-corrected chi connectivity index (χ3v) is 2.17. The molecule has 3 heteroatoms. The molecule has 0 spiro atoms. The maximum Gasteiger partial charge on any atom is 0.153 e. The Balaban J connectivity index is 2.67. The van der Waals surface area contributed by atoms with Crippen LogP contribution in [0.4, 0.5) is 0 Å². The van der Waals surface area contributed by atoms with Crippen LogP contribution in [0.3, 0.4) is 0 Å². The highest BCUT2D eigenvalue weighted by Crippen LogP contribution is 2.18. The predicted molar refractivity (Wildman–Crippen MR) is 50.5 cm³/mol. The van der Waals surface area contributed by atoms with Gasteiger partial charge in [0.1, 0.15) is 6.07 Å². The molecule has 0 bridgehead atoms. The Kier molecular flexibility index (Phi) is 3.09. The Morgan fingerprint density at radius 3 is 2.55 bits per heavy atom. The average Bonchev–Trinajstić information content (AvgIpc) is 2.06. The van der Waals surface area contributed by atoms with Crippen molar-refractivity contribution in [3.63, 3.8) is 0 Å². The molecule has 0 unspecified atom stereocenters. The van der Waals surface area contributed by atoms with E-state index in [0.29, 0.717) is 4.20 Å². The lowest BCUT2D eigenvalue weighted by atomic mass is 10.4. The number of thiocarbonyl (C=S) groups is 1. The van der Waals surface area contributed by atoms with Crippen molar-refractivity contribution in [2.45, 2.75) is 4.90 Å². The van der Waals surface area contributed by atoms with E-state index >= 15 is 0 Å². The van der Waals surface area contributed by atoms with E-state index in [1.54, 1.807) is 0 Å². The molecule has 0 saturated heterocycles. The van der Waals surface area contributed by atoms with Gasteiger partial charge < -0.3 is 0 Å². The van der Waals surface area contributed by atoms with Gasteiger partial charge in [-0.2, -0.15) is 5.26 Å². The zero-order valence-corrected chi connectivity index (χ0v) is 7.28. The van der Waals surface area contributed by atoms with E-state index in [1.807, 2.05) is 36.4 Å². The lowest BCUT2D eigenvalue weighted by molar-refractivity contribution is 1.48. The fraction of sp³-hybridized carbons (Fsp3) is 0. The highest BCUT2D eigenvalue weighted by molar-refractivity contribution is 8.23. The number of nitrogens with zero attached hydrogens (tertiary/aromatic N) is 1. The topological polar surface area (TPSA) is 23.8 Å². The first-order valence-electron chi connectivity index (χ1n) is 3.00. The van der Waals surface area contributed by atoms with E-state index in [-0.39, 0.29) is 0 Å². The molecule has 0 radical (unpaired) electrons. The summed E-state index contributed by atoms with van der Waals surface area (Å²) in [4.78, 5) is 1.01. The minimum atomic E-state index is 0.358. The van der Waals surface area contributed by atoms with Crippen molar-refractivity contribution in [2.75, 3.05) is 0 Å². The summed E-state index contributed by atoms with van der Waals surface area (Å²) in [5.41, 5.74) is 0. The van der Waals surface area contributed by atoms with E-state index in [9.17, 15) is 0 Å². The van der Waals surface area contributed by atoms with E-state index < -0.39 is 0 Å². The molecular weight excluding hydrogens is 174 g/mol. The van der Waals surface area contributed by atoms with Gasteiger partial charge in [-0.15, -0.1) is 0 Å². The molecule has 0 atom stereocenters. The maximum absolute atomic E-state index is 8.38. The van der Waals surface area contributed by atoms with Gasteiger partial charge in [0.25, 0.3) is 0 Å². The second-order valence-corrected chi connectivity index (χ2v) is 3.56. The molecule has 0 saturated carbocycles. The van der Waals surface area contributed by atoms with Crippen molar-refractivity contribution < 1.29 is 0 Å². The first kappa shape index (κ1) is 8.25. The second-order valence-electron chi connectivity index (χ2n) is 1.81. The summed E-state index contributed by atoms with van der Waals surface area (Å²) in [5, 5.41) is 8.38. The number of thioether (sulfide) groups is 1. The van der Waals surface area contributed by atoms with Gasteiger partial charge in [-0.3, -0.25) is 0 Å². The van der Waals surface area contributed by atoms with Crippen molar-refractivity contribution in [1.82, 2.24) is 0 Å². The summed E-state index contributed by atoms with van der Waals surface area (Å²) in [5.74, 6) is 0. The Labute approximate surface area is 75.0 Å². The number of hydrogen-bond acceptors (Lipinski definition) is 3. The van der Waals surface area contributed by atoms with Crippen molar-refractivity contribution in [1.29, 1.82) is 5.26 Å². The van der Waals surface area contributed by atoms with Gasteiger partial charge >= 0.3 is 0 Å². The molecule has 0 aliphatic rings. The molecule has 0 aliphatic carbocycles. The maximum atomic E-state index is 8.38. The third kappa shape index (κ3) is 2.71. The summed E-state index contributed by atoms with van der Waals surface area (Å²) >= 11 is 6.05. The molecular formula is C8H5NS2. The Morgan fingerprint density at radius 1 is 1.36 bits per heavy atom. The van der Waals surface area contributed by atoms with Crippen LogP contribution in [0.1, 0.15) is 0 Å². The third-order valence-electron chi connectivity index (χ3n) is 1.05. The Hall–Kier alpha value is -0.850. The average molecular weight is 179 g/mol. The highest BCUT2D eigenvalue weighted by Gasteiger charge is 1.95. The molecule has 1 nitrogen and oxygen atoms in total. The molecule has 0 heterocycles. The minimum absolute atomic E-state index is 0.358. The molecule has 1 aromatic carbocycles. The minimum Gasteiger partial charge on any atom is -0.191 e. The quantitative estimate of drug-likeness (QED) is 0.489. The summed E-state index contributed by atoms with van der Waals surface area (Å²) < 4.78 is 0.358. The molecule has 11 heavy (non-hydrogen) atoms. The van der Waals surface area contributed by atoms with Gasteiger partial charge in [0.2, 0.25) is 0 Å². The molecule has 0 aliphatic heterocycles. The van der Waals surface area contributed by atoms with Crippen molar-refractivity contribution in [3.05, 3.63) is 30.3 Å². The Morgan fingerprint density at radius 2 is 2.00 bits per heavy atom. The van der Waals surface area contributed by atoms with E-state index in [4.69, 9.17) is 17.5 Å². The van der Waals surface area contributed by atoms with Crippen molar-refractivity contribution in [3.8, 4) is 6.07 Å². The van der Waals surface area contributed by atoms with Crippen LogP contribution in [-0.4, -0.2) is 4.20 Å². The fourth-order valence-corrected chi connectivity index (χ4v) is 1.46. The second kappa shape index (κ2) is 4.12. The molecule has 1 rings (SSSR count). The number of benzene rings is 1. The summed E-state index contributed by atoms with van der Waals surface area (Å²) in [6.07, 6.45) is 0. The Bertz CT molecular complexity index is 287. The zero-order valence-electron chi connectivity index (χ0n) is 5.65. The standard InChI is InChI=1S/C8H5NS2/c9-6-8(10)11-7-4-2-1-3-5-7/h1-5H. The van der Waals surface area contributed by atoms with Crippen LogP contribution in [0.25, 0.3) is 0 Å². The van der Waals surface area contributed by atoms with Gasteiger partial charge in [-0.1, -0.05) is 42.2 Å². The molecule has 0 fully saturated rings. The smallest absolute Gasteiger partial charge is 0.153 e. The molecule has 0 amide bonds. The van der Waals surface area contributed by atoms with Crippen LogP contribution in [-0.2, 0) is 0 Å².